The van der Waals surface area contributed by atoms with Gasteiger partial charge in [-0.15, -0.1) is 0 Å². The van der Waals surface area contributed by atoms with Gasteiger partial charge in [-0.25, -0.2) is 4.98 Å². The van der Waals surface area contributed by atoms with Crippen LogP contribution >= 0.6 is 0 Å². The van der Waals surface area contributed by atoms with Gasteiger partial charge in [-0.05, 0) is 60.5 Å². The number of methoxy groups -OCH3 is 1. The molecule has 2 aromatic heterocycles. The third-order valence-electron chi connectivity index (χ3n) is 4.65. The van der Waals surface area contributed by atoms with Crippen LogP contribution in [0.5, 0.6) is 5.75 Å². The first-order chi connectivity index (χ1) is 13.6. The minimum absolute atomic E-state index is 0.137. The van der Waals surface area contributed by atoms with Gasteiger partial charge in [0.25, 0.3) is 5.91 Å². The van der Waals surface area contributed by atoms with Crippen molar-refractivity contribution in [1.29, 1.82) is 0 Å². The average molecular weight is 371 g/mol. The Morgan fingerprint density at radius 3 is 2.82 bits per heavy atom. The van der Waals surface area contributed by atoms with Crippen molar-refractivity contribution >= 4 is 17.1 Å². The van der Waals surface area contributed by atoms with Crippen LogP contribution in [0.1, 0.15) is 28.0 Å². The number of hydrogen-bond acceptors (Lipinski definition) is 3. The standard InChI is InChI=1S/C23H21N3O2/c1-16-12-13-26-15-21(25-22(26)14-16)17-4-3-5-19(9-6-17)24-23(27)18-7-10-20(28-2)11-8-18/h3-8,10-15H,9H2,1-2H3,(H,24,27). The molecule has 1 aromatic carbocycles. The SMILES string of the molecule is COc1ccc(C(=O)NC2=CC=CC(c3cn4ccc(C)cc4n3)=CC2)cc1. The van der Waals surface area contributed by atoms with Crippen LogP contribution in [0.25, 0.3) is 11.2 Å². The van der Waals surface area contributed by atoms with Crippen LogP contribution in [0.2, 0.25) is 0 Å². The van der Waals surface area contributed by atoms with E-state index in [9.17, 15) is 4.79 Å². The summed E-state index contributed by atoms with van der Waals surface area (Å²) in [6.45, 7) is 2.06. The predicted octanol–water partition coefficient (Wildman–Crippen LogP) is 4.31. The van der Waals surface area contributed by atoms with Crippen molar-refractivity contribution in [3.63, 3.8) is 0 Å². The lowest BCUT2D eigenvalue weighted by atomic mass is 10.1. The summed E-state index contributed by atoms with van der Waals surface area (Å²) in [6, 6.07) is 11.2. The summed E-state index contributed by atoms with van der Waals surface area (Å²) < 4.78 is 7.15. The van der Waals surface area contributed by atoms with E-state index in [1.807, 2.05) is 35.0 Å². The summed E-state index contributed by atoms with van der Waals surface area (Å²) in [5, 5.41) is 2.98. The third kappa shape index (κ3) is 3.74. The molecule has 0 bridgehead atoms. The normalized spacial score (nSPS) is 13.6. The minimum atomic E-state index is -0.137. The molecule has 5 nitrogen and oxygen atoms in total. The van der Waals surface area contributed by atoms with Crippen LogP contribution in [0.15, 0.2) is 78.8 Å². The molecule has 0 saturated heterocycles. The molecule has 5 heteroatoms. The van der Waals surface area contributed by atoms with Crippen LogP contribution < -0.4 is 10.1 Å². The van der Waals surface area contributed by atoms with Crippen molar-refractivity contribution in [2.75, 3.05) is 7.11 Å². The van der Waals surface area contributed by atoms with E-state index in [1.54, 1.807) is 31.4 Å². The number of aryl methyl sites for hydroxylation is 1. The number of allylic oxidation sites excluding steroid dienone is 5. The van der Waals surface area contributed by atoms with Gasteiger partial charge in [-0.2, -0.15) is 0 Å². The number of nitrogens with zero attached hydrogens (tertiary/aromatic N) is 2. The van der Waals surface area contributed by atoms with Crippen LogP contribution in [-0.4, -0.2) is 22.4 Å². The lowest BCUT2D eigenvalue weighted by Crippen LogP contribution is -2.22. The van der Waals surface area contributed by atoms with Crippen LogP contribution in [0.3, 0.4) is 0 Å². The van der Waals surface area contributed by atoms with Crippen molar-refractivity contribution in [1.82, 2.24) is 14.7 Å². The molecule has 0 saturated carbocycles. The highest BCUT2D eigenvalue weighted by atomic mass is 16.5. The molecule has 0 atom stereocenters. The lowest BCUT2D eigenvalue weighted by molar-refractivity contribution is 0.0965. The summed E-state index contributed by atoms with van der Waals surface area (Å²) in [7, 11) is 1.60. The first-order valence-corrected chi connectivity index (χ1v) is 9.11. The highest BCUT2D eigenvalue weighted by Gasteiger charge is 2.10. The van der Waals surface area contributed by atoms with Gasteiger partial charge >= 0.3 is 0 Å². The predicted molar refractivity (Wildman–Crippen MR) is 110 cm³/mol. The molecule has 0 aliphatic heterocycles. The number of nitrogens with one attached hydrogen (secondary N) is 1. The van der Waals surface area contributed by atoms with E-state index in [-0.39, 0.29) is 5.91 Å². The molecular weight excluding hydrogens is 350 g/mol. The molecule has 0 fully saturated rings. The van der Waals surface area contributed by atoms with Crippen molar-refractivity contribution in [2.45, 2.75) is 13.3 Å². The maximum atomic E-state index is 12.5. The molecule has 2 heterocycles. The van der Waals surface area contributed by atoms with Gasteiger partial charge in [-0.1, -0.05) is 18.2 Å². The van der Waals surface area contributed by atoms with E-state index in [0.717, 1.165) is 28.4 Å². The second-order valence-electron chi connectivity index (χ2n) is 6.69. The topological polar surface area (TPSA) is 55.6 Å². The van der Waals surface area contributed by atoms with E-state index in [1.165, 1.54) is 5.56 Å². The Bertz CT molecular complexity index is 1120. The number of carbonyl (C=O) groups excluding carboxylic acids is 1. The first-order valence-electron chi connectivity index (χ1n) is 9.11. The quantitative estimate of drug-likeness (QED) is 0.744. The molecule has 140 valence electrons. The Morgan fingerprint density at radius 2 is 2.04 bits per heavy atom. The molecule has 4 rings (SSSR count). The third-order valence-corrected chi connectivity index (χ3v) is 4.65. The number of fused-ring (bicyclic) bond motifs is 1. The summed E-state index contributed by atoms with van der Waals surface area (Å²) in [4.78, 5) is 17.2. The molecule has 1 amide bonds. The van der Waals surface area contributed by atoms with Crippen molar-refractivity contribution in [3.05, 3.63) is 95.6 Å². The van der Waals surface area contributed by atoms with Crippen LogP contribution in [0.4, 0.5) is 0 Å². The Kier molecular flexibility index (Phi) is 4.81. The number of hydrogen-bond donors (Lipinski definition) is 1. The number of amides is 1. The Morgan fingerprint density at radius 1 is 1.21 bits per heavy atom. The first kappa shape index (κ1) is 17.8. The van der Waals surface area contributed by atoms with Gasteiger partial charge < -0.3 is 14.5 Å². The Labute approximate surface area is 163 Å². The fraction of sp³-hybridized carbons (Fsp3) is 0.130. The second-order valence-corrected chi connectivity index (χ2v) is 6.69. The monoisotopic (exact) mass is 371 g/mol. The molecule has 1 aliphatic rings. The maximum absolute atomic E-state index is 12.5. The van der Waals surface area contributed by atoms with Crippen molar-refractivity contribution < 1.29 is 9.53 Å². The van der Waals surface area contributed by atoms with Gasteiger partial charge in [0, 0.05) is 30.1 Å². The number of ether oxygens (including phenoxy) is 1. The summed E-state index contributed by atoms with van der Waals surface area (Å²) in [5.41, 5.74) is 5.49. The van der Waals surface area contributed by atoms with Crippen molar-refractivity contribution in [3.8, 4) is 5.75 Å². The van der Waals surface area contributed by atoms with Crippen LogP contribution in [-0.2, 0) is 0 Å². The fourth-order valence-corrected chi connectivity index (χ4v) is 3.09. The Hall–Kier alpha value is -3.60. The zero-order chi connectivity index (χ0) is 19.5. The molecule has 0 unspecified atom stereocenters. The van der Waals surface area contributed by atoms with Gasteiger partial charge in [0.2, 0.25) is 0 Å². The fourth-order valence-electron chi connectivity index (χ4n) is 3.09. The van der Waals surface area contributed by atoms with Crippen molar-refractivity contribution in [2.24, 2.45) is 0 Å². The Balaban J connectivity index is 1.48. The van der Waals surface area contributed by atoms with E-state index in [2.05, 4.69) is 30.4 Å². The molecule has 0 radical (unpaired) electrons. The highest BCUT2D eigenvalue weighted by Crippen LogP contribution is 2.21. The number of carbonyl (C=O) groups is 1. The highest BCUT2D eigenvalue weighted by molar-refractivity contribution is 5.95. The zero-order valence-electron chi connectivity index (χ0n) is 15.8. The van der Waals surface area contributed by atoms with E-state index in [0.29, 0.717) is 12.0 Å². The van der Waals surface area contributed by atoms with Gasteiger partial charge in [0.1, 0.15) is 11.4 Å². The number of rotatable bonds is 4. The van der Waals surface area contributed by atoms with E-state index in [4.69, 9.17) is 9.72 Å². The number of aromatic nitrogens is 2. The van der Waals surface area contributed by atoms with Gasteiger partial charge in [0.05, 0.1) is 12.8 Å². The second kappa shape index (κ2) is 7.56. The molecular formula is C23H21N3O2. The summed E-state index contributed by atoms with van der Waals surface area (Å²) in [5.74, 6) is 0.589. The molecule has 28 heavy (non-hydrogen) atoms. The summed E-state index contributed by atoms with van der Waals surface area (Å²) in [6.07, 6.45) is 12.6. The molecule has 1 N–H and O–H groups in total. The zero-order valence-corrected chi connectivity index (χ0v) is 15.8. The lowest BCUT2D eigenvalue weighted by Gasteiger charge is -2.08. The number of pyridine rings is 1. The van der Waals surface area contributed by atoms with E-state index >= 15 is 0 Å². The largest absolute Gasteiger partial charge is 0.497 e. The number of benzene rings is 1. The van der Waals surface area contributed by atoms with Gasteiger partial charge in [0.15, 0.2) is 0 Å². The molecule has 0 spiro atoms. The maximum Gasteiger partial charge on any atom is 0.255 e. The minimum Gasteiger partial charge on any atom is -0.497 e. The number of imidazole rings is 1. The van der Waals surface area contributed by atoms with Gasteiger partial charge in [-0.3, -0.25) is 4.79 Å². The smallest absolute Gasteiger partial charge is 0.255 e. The molecule has 3 aromatic rings. The van der Waals surface area contributed by atoms with E-state index < -0.39 is 0 Å². The summed E-state index contributed by atoms with van der Waals surface area (Å²) >= 11 is 0. The molecule has 1 aliphatic carbocycles. The average Bonchev–Trinajstić information content (AvgIpc) is 2.98. The van der Waals surface area contributed by atoms with Crippen LogP contribution in [0, 0.1) is 6.92 Å².